The maximum absolute atomic E-state index is 11.8. The van der Waals surface area contributed by atoms with Crippen molar-refractivity contribution in [3.63, 3.8) is 0 Å². The van der Waals surface area contributed by atoms with Crippen LogP contribution in [-0.2, 0) is 23.7 Å². The number of carbonyl (C=O) groups excluding carboxylic acids is 2. The molecule has 0 saturated heterocycles. The van der Waals surface area contributed by atoms with E-state index in [1.54, 1.807) is 20.8 Å². The molecule has 0 aliphatic heterocycles. The van der Waals surface area contributed by atoms with Crippen LogP contribution in [0.1, 0.15) is 33.6 Å². The minimum atomic E-state index is -0.873. The lowest BCUT2D eigenvalue weighted by Gasteiger charge is -2.30. The van der Waals surface area contributed by atoms with E-state index >= 15 is 0 Å². The van der Waals surface area contributed by atoms with E-state index in [2.05, 4.69) is 21.2 Å². The molecule has 0 aromatic heterocycles. The molecular formula is C14H26BrNO6. The summed E-state index contributed by atoms with van der Waals surface area (Å²) in [6, 6.07) is -0.844. The van der Waals surface area contributed by atoms with Crippen molar-refractivity contribution in [1.82, 2.24) is 5.32 Å². The van der Waals surface area contributed by atoms with Crippen LogP contribution in [0.2, 0.25) is 0 Å². The molecule has 1 amide bonds. The maximum atomic E-state index is 11.8. The number of amides is 1. The third-order valence-electron chi connectivity index (χ3n) is 2.94. The lowest BCUT2D eigenvalue weighted by atomic mass is 10.1. The Morgan fingerprint density at radius 3 is 2.05 bits per heavy atom. The second-order valence-corrected chi connectivity index (χ2v) is 6.27. The SMILES string of the molecule is COC(=O)C(CCC(CBr)(OC)OC)NC(=O)OC(C)(C)C. The monoisotopic (exact) mass is 383 g/mol. The largest absolute Gasteiger partial charge is 0.467 e. The molecule has 1 unspecified atom stereocenters. The number of methoxy groups -OCH3 is 3. The van der Waals surface area contributed by atoms with E-state index in [4.69, 9.17) is 18.9 Å². The van der Waals surface area contributed by atoms with Gasteiger partial charge in [0.05, 0.1) is 12.4 Å². The van der Waals surface area contributed by atoms with Crippen molar-refractivity contribution >= 4 is 28.0 Å². The minimum Gasteiger partial charge on any atom is -0.467 e. The van der Waals surface area contributed by atoms with Crippen molar-refractivity contribution in [3.05, 3.63) is 0 Å². The zero-order valence-corrected chi connectivity index (χ0v) is 15.6. The lowest BCUT2D eigenvalue weighted by Crippen LogP contribution is -2.46. The van der Waals surface area contributed by atoms with E-state index < -0.39 is 29.5 Å². The Hall–Kier alpha value is -0.860. The molecule has 130 valence electrons. The number of nitrogens with one attached hydrogen (secondary N) is 1. The van der Waals surface area contributed by atoms with Crippen molar-refractivity contribution in [2.24, 2.45) is 0 Å². The molecule has 0 aromatic carbocycles. The van der Waals surface area contributed by atoms with Crippen molar-refractivity contribution < 1.29 is 28.5 Å². The number of carbonyl (C=O) groups is 2. The molecule has 0 aromatic rings. The maximum Gasteiger partial charge on any atom is 0.408 e. The molecule has 0 aliphatic rings. The normalized spacial score (nSPS) is 13.4. The van der Waals surface area contributed by atoms with Gasteiger partial charge in [-0.15, -0.1) is 0 Å². The molecule has 0 fully saturated rings. The molecule has 0 aliphatic carbocycles. The molecule has 0 radical (unpaired) electrons. The Labute approximate surface area is 140 Å². The summed E-state index contributed by atoms with van der Waals surface area (Å²) in [5, 5.41) is 2.93. The fourth-order valence-corrected chi connectivity index (χ4v) is 2.41. The van der Waals surface area contributed by atoms with Crippen LogP contribution in [0.15, 0.2) is 0 Å². The van der Waals surface area contributed by atoms with Gasteiger partial charge in [0.1, 0.15) is 11.6 Å². The Morgan fingerprint density at radius 2 is 1.68 bits per heavy atom. The van der Waals surface area contributed by atoms with Gasteiger partial charge in [-0.3, -0.25) is 0 Å². The van der Waals surface area contributed by atoms with Crippen LogP contribution in [0, 0.1) is 0 Å². The molecule has 1 N–H and O–H groups in total. The topological polar surface area (TPSA) is 83.1 Å². The Balaban J connectivity index is 4.80. The summed E-state index contributed by atoms with van der Waals surface area (Å²) in [4.78, 5) is 23.6. The van der Waals surface area contributed by atoms with E-state index in [0.29, 0.717) is 11.8 Å². The first-order valence-electron chi connectivity index (χ1n) is 6.86. The number of alkyl carbamates (subject to hydrolysis) is 1. The number of ether oxygens (including phenoxy) is 4. The van der Waals surface area contributed by atoms with Gasteiger partial charge in [0.2, 0.25) is 0 Å². The average molecular weight is 384 g/mol. The van der Waals surface area contributed by atoms with Crippen LogP contribution in [0.4, 0.5) is 4.79 Å². The summed E-state index contributed by atoms with van der Waals surface area (Å²) in [7, 11) is 4.29. The van der Waals surface area contributed by atoms with Crippen LogP contribution in [0.3, 0.4) is 0 Å². The highest BCUT2D eigenvalue weighted by Crippen LogP contribution is 2.22. The van der Waals surface area contributed by atoms with Crippen molar-refractivity contribution in [2.45, 2.75) is 51.0 Å². The molecule has 0 bridgehead atoms. The molecule has 0 rings (SSSR count). The van der Waals surface area contributed by atoms with Crippen LogP contribution in [-0.4, -0.2) is 56.2 Å². The number of hydrogen-bond acceptors (Lipinski definition) is 6. The molecular weight excluding hydrogens is 358 g/mol. The van der Waals surface area contributed by atoms with Crippen LogP contribution < -0.4 is 5.32 Å². The van der Waals surface area contributed by atoms with Gasteiger partial charge >= 0.3 is 12.1 Å². The molecule has 0 heterocycles. The van der Waals surface area contributed by atoms with Crippen molar-refractivity contribution in [2.75, 3.05) is 26.7 Å². The van der Waals surface area contributed by atoms with E-state index in [0.717, 1.165) is 0 Å². The van der Waals surface area contributed by atoms with E-state index in [-0.39, 0.29) is 6.42 Å². The summed E-state index contributed by atoms with van der Waals surface area (Å²) in [5.41, 5.74) is -0.649. The van der Waals surface area contributed by atoms with Gasteiger partial charge in [0.25, 0.3) is 0 Å². The Kier molecular flexibility index (Phi) is 8.95. The van der Waals surface area contributed by atoms with Gasteiger partial charge in [-0.05, 0) is 27.2 Å². The summed E-state index contributed by atoms with van der Waals surface area (Å²) in [6.45, 7) is 5.22. The van der Waals surface area contributed by atoms with Gasteiger partial charge in [0.15, 0.2) is 5.79 Å². The molecule has 7 nitrogen and oxygen atoms in total. The highest BCUT2D eigenvalue weighted by atomic mass is 79.9. The van der Waals surface area contributed by atoms with Crippen LogP contribution in [0.5, 0.6) is 0 Å². The highest BCUT2D eigenvalue weighted by molar-refractivity contribution is 9.09. The van der Waals surface area contributed by atoms with Gasteiger partial charge in [-0.1, -0.05) is 15.9 Å². The van der Waals surface area contributed by atoms with Crippen molar-refractivity contribution in [1.29, 1.82) is 0 Å². The van der Waals surface area contributed by atoms with E-state index in [1.165, 1.54) is 21.3 Å². The predicted molar refractivity (Wildman–Crippen MR) is 85.0 cm³/mol. The number of halogens is 1. The van der Waals surface area contributed by atoms with Crippen LogP contribution >= 0.6 is 15.9 Å². The number of esters is 1. The quantitative estimate of drug-likeness (QED) is 0.393. The summed E-state index contributed by atoms with van der Waals surface area (Å²) >= 11 is 3.31. The number of hydrogen-bond donors (Lipinski definition) is 1. The molecule has 0 spiro atoms. The Bertz CT molecular complexity index is 357. The van der Waals surface area contributed by atoms with Crippen LogP contribution in [0.25, 0.3) is 0 Å². The first kappa shape index (κ1) is 21.1. The summed E-state index contributed by atoms with van der Waals surface area (Å²) in [6.07, 6.45) is -0.0258. The van der Waals surface area contributed by atoms with Gasteiger partial charge < -0.3 is 24.3 Å². The third kappa shape index (κ3) is 7.42. The molecule has 0 saturated carbocycles. The minimum absolute atomic E-state index is 0.277. The first-order chi connectivity index (χ1) is 10.1. The molecule has 22 heavy (non-hydrogen) atoms. The lowest BCUT2D eigenvalue weighted by molar-refractivity contribution is -0.194. The average Bonchev–Trinajstić information content (AvgIpc) is 2.45. The standard InChI is InChI=1S/C14H26BrNO6/c1-13(2,3)22-12(18)16-10(11(17)19-4)7-8-14(9-15,20-5)21-6/h10H,7-9H2,1-6H3,(H,16,18). The van der Waals surface area contributed by atoms with E-state index in [9.17, 15) is 9.59 Å². The zero-order valence-electron chi connectivity index (χ0n) is 14.0. The number of alkyl halides is 1. The first-order valence-corrected chi connectivity index (χ1v) is 7.99. The molecule has 8 heteroatoms. The molecule has 1 atom stereocenters. The van der Waals surface area contributed by atoms with Gasteiger partial charge in [0, 0.05) is 20.6 Å². The van der Waals surface area contributed by atoms with Gasteiger partial charge in [-0.25, -0.2) is 9.59 Å². The zero-order chi connectivity index (χ0) is 17.4. The highest BCUT2D eigenvalue weighted by Gasteiger charge is 2.32. The predicted octanol–water partition coefficient (Wildman–Crippen LogP) is 2.22. The van der Waals surface area contributed by atoms with Crippen molar-refractivity contribution in [3.8, 4) is 0 Å². The van der Waals surface area contributed by atoms with Gasteiger partial charge in [-0.2, -0.15) is 0 Å². The third-order valence-corrected chi connectivity index (χ3v) is 3.79. The summed E-state index contributed by atoms with van der Waals surface area (Å²) in [5.74, 6) is -1.43. The number of rotatable bonds is 8. The Morgan fingerprint density at radius 1 is 1.14 bits per heavy atom. The van der Waals surface area contributed by atoms with E-state index in [1.807, 2.05) is 0 Å². The fourth-order valence-electron chi connectivity index (χ4n) is 1.67. The fraction of sp³-hybridized carbons (Fsp3) is 0.857. The second kappa shape index (κ2) is 9.32. The second-order valence-electron chi connectivity index (χ2n) is 5.71. The summed E-state index contributed by atoms with van der Waals surface area (Å²) < 4.78 is 20.5. The smallest absolute Gasteiger partial charge is 0.408 e.